The number of halogens is 2. The molecule has 0 aliphatic rings. The Bertz CT molecular complexity index is 363. The van der Waals surface area contributed by atoms with Crippen molar-refractivity contribution in [3.05, 3.63) is 16.4 Å². The van der Waals surface area contributed by atoms with Crippen LogP contribution < -0.4 is 0 Å². The predicted molar refractivity (Wildman–Crippen MR) is 82.9 cm³/mol. The molecule has 0 amide bonds. The summed E-state index contributed by atoms with van der Waals surface area (Å²) < 4.78 is 2.06. The third kappa shape index (κ3) is 4.27. The highest BCUT2D eigenvalue weighted by Gasteiger charge is 2.14. The molecule has 2 nitrogen and oxygen atoms in total. The molecule has 104 valence electrons. The molecule has 1 atom stereocenters. The molecule has 0 aromatic carbocycles. The molecule has 4 heteroatoms. The van der Waals surface area contributed by atoms with Gasteiger partial charge in [0.25, 0.3) is 0 Å². The zero-order valence-electron chi connectivity index (χ0n) is 11.7. The van der Waals surface area contributed by atoms with Gasteiger partial charge in [0, 0.05) is 11.4 Å². The molecule has 0 fully saturated rings. The van der Waals surface area contributed by atoms with E-state index in [9.17, 15) is 0 Å². The van der Waals surface area contributed by atoms with Gasteiger partial charge in [0.15, 0.2) is 0 Å². The van der Waals surface area contributed by atoms with Gasteiger partial charge < -0.3 is 0 Å². The SMILES string of the molecule is CCCC(Br)CCCc1c(Cl)c(CC)nn1CC. The molecule has 1 unspecified atom stereocenters. The lowest BCUT2D eigenvalue weighted by molar-refractivity contribution is 0.586. The van der Waals surface area contributed by atoms with Crippen molar-refractivity contribution >= 4 is 27.5 Å². The van der Waals surface area contributed by atoms with Gasteiger partial charge in [-0.1, -0.05) is 47.8 Å². The maximum atomic E-state index is 6.39. The van der Waals surface area contributed by atoms with Crippen molar-refractivity contribution in [1.29, 1.82) is 0 Å². The van der Waals surface area contributed by atoms with Crippen molar-refractivity contribution in [1.82, 2.24) is 9.78 Å². The highest BCUT2D eigenvalue weighted by Crippen LogP contribution is 2.24. The van der Waals surface area contributed by atoms with E-state index in [1.165, 1.54) is 31.4 Å². The Labute approximate surface area is 124 Å². The van der Waals surface area contributed by atoms with Crippen LogP contribution in [-0.4, -0.2) is 14.6 Å². The van der Waals surface area contributed by atoms with E-state index >= 15 is 0 Å². The third-order valence-electron chi connectivity index (χ3n) is 3.23. The van der Waals surface area contributed by atoms with Crippen LogP contribution in [0.25, 0.3) is 0 Å². The average molecular weight is 336 g/mol. The summed E-state index contributed by atoms with van der Waals surface area (Å²) in [5.74, 6) is 0. The van der Waals surface area contributed by atoms with Crippen molar-refractivity contribution in [2.45, 2.75) is 70.7 Å². The van der Waals surface area contributed by atoms with Crippen LogP contribution in [0.5, 0.6) is 0 Å². The van der Waals surface area contributed by atoms with E-state index < -0.39 is 0 Å². The summed E-state index contributed by atoms with van der Waals surface area (Å²) in [5.41, 5.74) is 2.25. The molecule has 0 bridgehead atoms. The van der Waals surface area contributed by atoms with E-state index in [-0.39, 0.29) is 0 Å². The molecular weight excluding hydrogens is 312 g/mol. The van der Waals surface area contributed by atoms with Gasteiger partial charge >= 0.3 is 0 Å². The largest absolute Gasteiger partial charge is 0.268 e. The standard InChI is InChI=1S/C14H24BrClN2/c1-4-8-11(15)9-7-10-13-14(16)12(5-2)17-18(13)6-3/h11H,4-10H2,1-3H3. The number of hydrogen-bond acceptors (Lipinski definition) is 1. The predicted octanol–water partition coefficient (Wildman–Crippen LogP) is 5.01. The fourth-order valence-electron chi connectivity index (χ4n) is 2.20. The zero-order chi connectivity index (χ0) is 13.5. The van der Waals surface area contributed by atoms with Crippen LogP contribution >= 0.6 is 27.5 Å². The number of alkyl halides is 1. The van der Waals surface area contributed by atoms with Gasteiger partial charge in [-0.05, 0) is 39.0 Å². The summed E-state index contributed by atoms with van der Waals surface area (Å²) in [5, 5.41) is 5.44. The van der Waals surface area contributed by atoms with E-state index in [1.54, 1.807) is 0 Å². The topological polar surface area (TPSA) is 17.8 Å². The van der Waals surface area contributed by atoms with Crippen LogP contribution in [0, 0.1) is 0 Å². The maximum Gasteiger partial charge on any atom is 0.0849 e. The molecule has 0 spiro atoms. The Morgan fingerprint density at radius 1 is 1.28 bits per heavy atom. The van der Waals surface area contributed by atoms with Gasteiger partial charge in [-0.15, -0.1) is 0 Å². The highest BCUT2D eigenvalue weighted by atomic mass is 79.9. The lowest BCUT2D eigenvalue weighted by Crippen LogP contribution is -2.05. The van der Waals surface area contributed by atoms with Gasteiger partial charge in [-0.25, -0.2) is 0 Å². The highest BCUT2D eigenvalue weighted by molar-refractivity contribution is 9.09. The normalized spacial score (nSPS) is 12.9. The molecule has 18 heavy (non-hydrogen) atoms. The van der Waals surface area contributed by atoms with Gasteiger partial charge in [-0.2, -0.15) is 5.10 Å². The molecule has 0 aliphatic carbocycles. The van der Waals surface area contributed by atoms with Crippen LogP contribution in [0.2, 0.25) is 5.02 Å². The Balaban J connectivity index is 2.58. The Hall–Kier alpha value is -0.0200. The molecule has 0 saturated heterocycles. The van der Waals surface area contributed by atoms with Crippen molar-refractivity contribution in [2.75, 3.05) is 0 Å². The molecule has 0 N–H and O–H groups in total. The van der Waals surface area contributed by atoms with E-state index in [0.717, 1.165) is 30.1 Å². The van der Waals surface area contributed by atoms with Gasteiger partial charge in [0.1, 0.15) is 0 Å². The molecule has 0 saturated carbocycles. The fraction of sp³-hybridized carbons (Fsp3) is 0.786. The van der Waals surface area contributed by atoms with Crippen molar-refractivity contribution in [3.8, 4) is 0 Å². The number of rotatable bonds is 8. The van der Waals surface area contributed by atoms with Crippen LogP contribution in [0.15, 0.2) is 0 Å². The first-order valence-electron chi connectivity index (χ1n) is 7.02. The summed E-state index contributed by atoms with van der Waals surface area (Å²) in [6, 6.07) is 0. The first-order valence-corrected chi connectivity index (χ1v) is 8.31. The molecule has 1 aromatic heterocycles. The second-order valence-corrected chi connectivity index (χ2v) is 6.33. The van der Waals surface area contributed by atoms with Crippen LogP contribution in [0.4, 0.5) is 0 Å². The quantitative estimate of drug-likeness (QED) is 0.611. The van der Waals surface area contributed by atoms with Crippen molar-refractivity contribution in [2.24, 2.45) is 0 Å². The number of hydrogen-bond donors (Lipinski definition) is 0. The number of aromatic nitrogens is 2. The summed E-state index contributed by atoms with van der Waals surface area (Å²) >= 11 is 10.1. The molecule has 1 aromatic rings. The van der Waals surface area contributed by atoms with E-state index in [0.29, 0.717) is 4.83 Å². The Morgan fingerprint density at radius 3 is 2.56 bits per heavy atom. The molecule has 1 rings (SSSR count). The van der Waals surface area contributed by atoms with E-state index in [2.05, 4.69) is 46.5 Å². The van der Waals surface area contributed by atoms with Gasteiger partial charge in [-0.3, -0.25) is 4.68 Å². The summed E-state index contributed by atoms with van der Waals surface area (Å²) in [7, 11) is 0. The first kappa shape index (κ1) is 16.0. The van der Waals surface area contributed by atoms with Crippen molar-refractivity contribution in [3.63, 3.8) is 0 Å². The Morgan fingerprint density at radius 2 is 2.00 bits per heavy atom. The summed E-state index contributed by atoms with van der Waals surface area (Å²) in [4.78, 5) is 0.643. The molecule has 1 heterocycles. The average Bonchev–Trinajstić information content (AvgIpc) is 2.66. The molecule has 0 radical (unpaired) electrons. The summed E-state index contributed by atoms with van der Waals surface area (Å²) in [6.07, 6.45) is 6.82. The second kappa shape index (κ2) is 8.21. The van der Waals surface area contributed by atoms with Crippen LogP contribution in [-0.2, 0) is 19.4 Å². The van der Waals surface area contributed by atoms with Crippen LogP contribution in [0.3, 0.4) is 0 Å². The summed E-state index contributed by atoms with van der Waals surface area (Å²) in [6.45, 7) is 7.36. The van der Waals surface area contributed by atoms with Gasteiger partial charge in [0.05, 0.1) is 16.4 Å². The minimum atomic E-state index is 0.643. The zero-order valence-corrected chi connectivity index (χ0v) is 14.0. The monoisotopic (exact) mass is 334 g/mol. The maximum absolute atomic E-state index is 6.39. The van der Waals surface area contributed by atoms with Gasteiger partial charge in [0.2, 0.25) is 0 Å². The number of aryl methyl sites for hydroxylation is 2. The lowest BCUT2D eigenvalue weighted by atomic mass is 10.1. The molecular formula is C14H24BrClN2. The minimum Gasteiger partial charge on any atom is -0.268 e. The minimum absolute atomic E-state index is 0.643. The second-order valence-electron chi connectivity index (χ2n) is 4.65. The lowest BCUT2D eigenvalue weighted by Gasteiger charge is -2.09. The third-order valence-corrected chi connectivity index (χ3v) is 4.58. The Kier molecular flexibility index (Phi) is 7.31. The van der Waals surface area contributed by atoms with Crippen molar-refractivity contribution < 1.29 is 0 Å². The fourth-order valence-corrected chi connectivity index (χ4v) is 3.35. The smallest absolute Gasteiger partial charge is 0.0849 e. The van der Waals surface area contributed by atoms with Crippen LogP contribution in [0.1, 0.15) is 57.8 Å². The first-order chi connectivity index (χ1) is 8.63. The van der Waals surface area contributed by atoms with E-state index in [1.807, 2.05) is 0 Å². The van der Waals surface area contributed by atoms with E-state index in [4.69, 9.17) is 11.6 Å². The molecule has 0 aliphatic heterocycles. The number of nitrogens with zero attached hydrogens (tertiary/aromatic N) is 2.